The zero-order valence-corrected chi connectivity index (χ0v) is 30.8. The van der Waals surface area contributed by atoms with Crippen LogP contribution in [0.4, 0.5) is 4.79 Å². The Kier molecular flexibility index (Phi) is 13.0. The average molecular weight is 691 g/mol. The van der Waals surface area contributed by atoms with Gasteiger partial charge < -0.3 is 26.6 Å². The van der Waals surface area contributed by atoms with Crippen LogP contribution in [0.1, 0.15) is 92.4 Å². The van der Waals surface area contributed by atoms with Crippen molar-refractivity contribution in [1.29, 1.82) is 0 Å². The maximum Gasteiger partial charge on any atom is 0.315 e. The van der Waals surface area contributed by atoms with Gasteiger partial charge in [-0.3, -0.25) is 19.2 Å². The van der Waals surface area contributed by atoms with Gasteiger partial charge in [0, 0.05) is 32.6 Å². The number of carbonyl (C=O) groups is 5. The number of carbonyl (C=O) groups excluding carboxylic acids is 5. The standard InChI is InChI=1S/C35H59N7O5S/c1-21(2)25-19-42(29(22(25)3)32(45)37-26(18-23-14-15-23)30(43)31(36)44)33(46)28(24-12-9-8-10-13-24)39-34(47)38-27(35(4,5)6)20-41-17-11-16-40(7)48-41/h21,23-29H,3,8-20H2,1-2,4-7H3,(H2,36,44)(H,37,45)(H2,38,39,47)/p+1/t25-,26?,27-,28+,29+/m1/s1. The van der Waals surface area contributed by atoms with E-state index < -0.39 is 41.8 Å². The minimum Gasteiger partial charge on any atom is -0.363 e. The third-order valence-electron chi connectivity index (χ3n) is 10.6. The second-order valence-electron chi connectivity index (χ2n) is 15.9. The molecule has 5 amide bonds. The number of Topliss-reactive ketones (excluding diaryl/α,β-unsaturated/α-hetero) is 1. The molecule has 48 heavy (non-hydrogen) atoms. The van der Waals surface area contributed by atoms with Crippen molar-refractivity contribution in [2.24, 2.45) is 34.8 Å². The van der Waals surface area contributed by atoms with Crippen LogP contribution >= 0.6 is 0 Å². The van der Waals surface area contributed by atoms with E-state index >= 15 is 0 Å². The number of hydrogen-bond acceptors (Lipinski definition) is 7. The Morgan fingerprint density at radius 1 is 0.958 bits per heavy atom. The fraction of sp³-hybridized carbons (Fsp3) is 0.800. The van der Waals surface area contributed by atoms with Crippen LogP contribution in [-0.4, -0.2) is 100 Å². The molecule has 4 fully saturated rings. The normalized spacial score (nSPS) is 25.0. The first-order chi connectivity index (χ1) is 22.6. The van der Waals surface area contributed by atoms with E-state index in [-0.39, 0.29) is 47.6 Å². The Balaban J connectivity index is 1.56. The van der Waals surface area contributed by atoms with Crippen LogP contribution in [0.15, 0.2) is 12.2 Å². The van der Waals surface area contributed by atoms with Crippen molar-refractivity contribution in [1.82, 2.24) is 29.5 Å². The second kappa shape index (κ2) is 16.4. The average Bonchev–Trinajstić information content (AvgIpc) is 3.77. The lowest BCUT2D eigenvalue weighted by molar-refractivity contribution is -0.142. The summed E-state index contributed by atoms with van der Waals surface area (Å²) in [5.41, 5.74) is 5.71. The first kappa shape index (κ1) is 38.2. The predicted octanol–water partition coefficient (Wildman–Crippen LogP) is 2.31. The molecule has 270 valence electrons. The van der Waals surface area contributed by atoms with Gasteiger partial charge in [0.05, 0.1) is 18.6 Å². The largest absolute Gasteiger partial charge is 0.363 e. The molecule has 0 radical (unpaired) electrons. The van der Waals surface area contributed by atoms with Crippen LogP contribution in [-0.2, 0) is 31.3 Å². The lowest BCUT2D eigenvalue weighted by Gasteiger charge is -2.37. The number of nitrogens with two attached hydrogens (primary N) is 1. The molecule has 5 N–H and O–H groups in total. The maximum absolute atomic E-state index is 14.7. The Hall–Kier alpha value is -2.64. The van der Waals surface area contributed by atoms with Gasteiger partial charge in [0.2, 0.25) is 17.6 Å². The van der Waals surface area contributed by atoms with Crippen LogP contribution < -0.4 is 21.7 Å². The van der Waals surface area contributed by atoms with Crippen LogP contribution in [0.25, 0.3) is 0 Å². The number of nitrogens with zero attached hydrogens (tertiary/aromatic N) is 3. The summed E-state index contributed by atoms with van der Waals surface area (Å²) in [6.45, 7) is 17.6. The van der Waals surface area contributed by atoms with Crippen molar-refractivity contribution in [2.45, 2.75) is 117 Å². The van der Waals surface area contributed by atoms with Crippen molar-refractivity contribution in [2.75, 3.05) is 33.2 Å². The van der Waals surface area contributed by atoms with Gasteiger partial charge in [-0.05, 0) is 54.4 Å². The summed E-state index contributed by atoms with van der Waals surface area (Å²) in [4.78, 5) is 68.6. The van der Waals surface area contributed by atoms with E-state index in [9.17, 15) is 24.0 Å². The van der Waals surface area contributed by atoms with E-state index in [0.29, 0.717) is 18.5 Å². The molecule has 2 saturated heterocycles. The Bertz CT molecular complexity index is 1210. The molecule has 0 aromatic rings. The molecule has 0 aromatic heterocycles. The number of urea groups is 1. The molecule has 13 heteroatoms. The summed E-state index contributed by atoms with van der Waals surface area (Å²) in [5.74, 6) is -2.65. The molecule has 4 rings (SSSR count). The van der Waals surface area contributed by atoms with E-state index in [4.69, 9.17) is 5.73 Å². The van der Waals surface area contributed by atoms with Gasteiger partial charge in [0.1, 0.15) is 12.1 Å². The molecule has 1 unspecified atom stereocenters. The van der Waals surface area contributed by atoms with Gasteiger partial charge in [0.15, 0.2) is 12.1 Å². The van der Waals surface area contributed by atoms with Gasteiger partial charge in [-0.25, -0.2) is 4.79 Å². The van der Waals surface area contributed by atoms with Gasteiger partial charge >= 0.3 is 6.03 Å². The van der Waals surface area contributed by atoms with E-state index in [1.165, 1.54) is 0 Å². The molecule has 4 aliphatic rings. The highest BCUT2D eigenvalue weighted by Gasteiger charge is 2.48. The van der Waals surface area contributed by atoms with Crippen LogP contribution in [0.2, 0.25) is 0 Å². The van der Waals surface area contributed by atoms with Crippen molar-refractivity contribution in [3.05, 3.63) is 12.2 Å². The van der Waals surface area contributed by atoms with Gasteiger partial charge in [-0.15, -0.1) is 8.61 Å². The van der Waals surface area contributed by atoms with Crippen molar-refractivity contribution in [3.8, 4) is 0 Å². The fourth-order valence-corrected chi connectivity index (χ4v) is 8.50. The highest BCUT2D eigenvalue weighted by Crippen LogP contribution is 2.37. The van der Waals surface area contributed by atoms with Gasteiger partial charge in [-0.1, -0.05) is 73.3 Å². The van der Waals surface area contributed by atoms with Crippen molar-refractivity contribution >= 4 is 41.7 Å². The summed E-state index contributed by atoms with van der Waals surface area (Å²) in [6, 6.07) is -3.46. The number of likely N-dealkylation sites (tertiary alicyclic amines) is 1. The molecule has 2 saturated carbocycles. The van der Waals surface area contributed by atoms with E-state index in [2.05, 4.69) is 59.0 Å². The molecule has 12 nitrogen and oxygen atoms in total. The molecule has 2 aliphatic heterocycles. The highest BCUT2D eigenvalue weighted by atomic mass is 32.2. The number of nitrogens with one attached hydrogen (secondary N) is 3. The molecule has 5 atom stereocenters. The highest BCUT2D eigenvalue weighted by molar-refractivity contribution is 7.73. The monoisotopic (exact) mass is 690 g/mol. The Morgan fingerprint density at radius 2 is 1.62 bits per heavy atom. The number of primary amides is 1. The summed E-state index contributed by atoms with van der Waals surface area (Å²) >= 11 is 1.12. The number of rotatable bonds is 13. The Morgan fingerprint density at radius 3 is 2.19 bits per heavy atom. The first-order valence-corrected chi connectivity index (χ1v) is 18.7. The van der Waals surface area contributed by atoms with E-state index in [1.807, 2.05) is 13.8 Å². The van der Waals surface area contributed by atoms with E-state index in [1.54, 1.807) is 4.90 Å². The number of amides is 5. The van der Waals surface area contributed by atoms with Crippen molar-refractivity contribution < 1.29 is 24.0 Å². The SMILES string of the molecule is C=C1[C@@H](C(=O)NC(CC2CC2)C(=O)C(N)=O)N(C(=O)[C@@H](NC(=O)N[C@H](CN2CCCN(C)[SH+]2)C(C)(C)C)C2CCCCC2)C[C@@H]1C(C)C. The first-order valence-electron chi connectivity index (χ1n) is 17.9. The fourth-order valence-electron chi connectivity index (χ4n) is 7.37. The topological polar surface area (TPSA) is 157 Å². The predicted molar refractivity (Wildman–Crippen MR) is 189 cm³/mol. The molecular formula is C35H60N7O5S+. The molecule has 2 aliphatic carbocycles. The second-order valence-corrected chi connectivity index (χ2v) is 17.4. The zero-order valence-electron chi connectivity index (χ0n) is 29.9. The summed E-state index contributed by atoms with van der Waals surface area (Å²) in [5, 5.41) is 9.08. The third-order valence-corrected chi connectivity index (χ3v) is 11.7. The molecular weight excluding hydrogens is 630 g/mol. The number of thiol groups is 1. The van der Waals surface area contributed by atoms with Crippen LogP contribution in [0, 0.1) is 29.1 Å². The maximum atomic E-state index is 14.7. The smallest absolute Gasteiger partial charge is 0.315 e. The lowest BCUT2D eigenvalue weighted by Crippen LogP contribution is -2.61. The minimum absolute atomic E-state index is 0.0755. The quantitative estimate of drug-likeness (QED) is 0.100. The van der Waals surface area contributed by atoms with Gasteiger partial charge in [-0.2, -0.15) is 0 Å². The summed E-state index contributed by atoms with van der Waals surface area (Å²) in [6.07, 6.45) is 7.87. The molecule has 0 bridgehead atoms. The molecule has 2 heterocycles. The number of ketones is 1. The van der Waals surface area contributed by atoms with Crippen LogP contribution in [0.3, 0.4) is 0 Å². The van der Waals surface area contributed by atoms with E-state index in [0.717, 1.165) is 76.6 Å². The zero-order chi connectivity index (χ0) is 35.3. The number of hydrogen-bond donors (Lipinski definition) is 4. The van der Waals surface area contributed by atoms with Crippen LogP contribution in [0.5, 0.6) is 0 Å². The molecule has 0 aromatic carbocycles. The Labute approximate surface area is 291 Å². The molecule has 0 spiro atoms. The minimum atomic E-state index is -1.09. The third kappa shape index (κ3) is 9.97. The van der Waals surface area contributed by atoms with Crippen molar-refractivity contribution in [3.63, 3.8) is 0 Å². The van der Waals surface area contributed by atoms with Gasteiger partial charge in [0.25, 0.3) is 5.91 Å². The summed E-state index contributed by atoms with van der Waals surface area (Å²) in [7, 11) is 2.09. The lowest BCUT2D eigenvalue weighted by atomic mass is 9.83. The summed E-state index contributed by atoms with van der Waals surface area (Å²) < 4.78 is 4.58.